The molecule has 130 valence electrons. The molecular weight excluding hydrogens is 330 g/mol. The molecule has 2 heterocycles. The summed E-state index contributed by atoms with van der Waals surface area (Å²) in [5.41, 5.74) is 3.93. The number of ether oxygens (including phenoxy) is 2. The number of para-hydroxylation sites is 1. The van der Waals surface area contributed by atoms with E-state index in [0.29, 0.717) is 22.7 Å². The topological polar surface area (TPSA) is 68.9 Å². The zero-order valence-electron chi connectivity index (χ0n) is 14.4. The van der Waals surface area contributed by atoms with E-state index < -0.39 is 0 Å². The average molecular weight is 347 g/mol. The van der Waals surface area contributed by atoms with E-state index in [0.717, 1.165) is 16.8 Å². The van der Waals surface area contributed by atoms with Crippen molar-refractivity contribution in [3.8, 4) is 39.6 Å². The predicted molar refractivity (Wildman–Crippen MR) is 98.6 cm³/mol. The lowest BCUT2D eigenvalue weighted by Gasteiger charge is -2.09. The Bertz CT molecular complexity index is 1090. The van der Waals surface area contributed by atoms with E-state index in [4.69, 9.17) is 9.47 Å². The molecule has 1 N–H and O–H groups in total. The second kappa shape index (κ2) is 6.40. The maximum Gasteiger partial charge on any atom is 0.163 e. The largest absolute Gasteiger partial charge is 0.507 e. The van der Waals surface area contributed by atoms with Crippen LogP contribution in [-0.4, -0.2) is 33.9 Å². The average Bonchev–Trinajstić information content (AvgIpc) is 3.12. The van der Waals surface area contributed by atoms with Crippen molar-refractivity contribution >= 4 is 5.65 Å². The Hall–Kier alpha value is -3.54. The lowest BCUT2D eigenvalue weighted by Crippen LogP contribution is -1.96. The molecule has 0 spiro atoms. The summed E-state index contributed by atoms with van der Waals surface area (Å²) in [6.07, 6.45) is 3.47. The normalized spacial score (nSPS) is 10.8. The first kappa shape index (κ1) is 16.0. The molecule has 4 rings (SSSR count). The van der Waals surface area contributed by atoms with E-state index in [1.807, 2.05) is 36.4 Å². The Balaban J connectivity index is 1.89. The predicted octanol–water partition coefficient (Wildman–Crippen LogP) is 3.79. The molecule has 0 atom stereocenters. The van der Waals surface area contributed by atoms with Gasteiger partial charge in [-0.3, -0.25) is 0 Å². The van der Waals surface area contributed by atoms with Gasteiger partial charge in [0.2, 0.25) is 0 Å². The number of hydrogen-bond acceptors (Lipinski definition) is 5. The van der Waals surface area contributed by atoms with Crippen LogP contribution in [0, 0.1) is 0 Å². The molecule has 6 nitrogen and oxygen atoms in total. The first-order valence-electron chi connectivity index (χ1n) is 8.06. The molecule has 6 heteroatoms. The molecular formula is C20H17N3O3. The quantitative estimate of drug-likeness (QED) is 0.608. The molecule has 26 heavy (non-hydrogen) atoms. The van der Waals surface area contributed by atoms with E-state index in [1.165, 1.54) is 0 Å². The van der Waals surface area contributed by atoms with Crippen LogP contribution in [0.15, 0.2) is 60.9 Å². The van der Waals surface area contributed by atoms with Crippen molar-refractivity contribution in [3.63, 3.8) is 0 Å². The molecule has 0 aliphatic carbocycles. The van der Waals surface area contributed by atoms with Crippen molar-refractivity contribution in [2.45, 2.75) is 0 Å². The number of aromatic hydroxyl groups is 1. The van der Waals surface area contributed by atoms with Crippen LogP contribution in [0.2, 0.25) is 0 Å². The Kier molecular flexibility index (Phi) is 3.93. The first-order chi connectivity index (χ1) is 12.7. The summed E-state index contributed by atoms with van der Waals surface area (Å²) in [5.74, 6) is 1.50. The van der Waals surface area contributed by atoms with Crippen LogP contribution in [0.3, 0.4) is 0 Å². The van der Waals surface area contributed by atoms with Gasteiger partial charge in [0.05, 0.1) is 26.1 Å². The lowest BCUT2D eigenvalue weighted by atomic mass is 10.1. The number of hydrogen-bond donors (Lipinski definition) is 1. The first-order valence-corrected chi connectivity index (χ1v) is 8.06. The molecule has 0 amide bonds. The third-order valence-corrected chi connectivity index (χ3v) is 4.28. The molecule has 0 aliphatic heterocycles. The van der Waals surface area contributed by atoms with Crippen molar-refractivity contribution in [3.05, 3.63) is 60.9 Å². The van der Waals surface area contributed by atoms with Crippen LogP contribution < -0.4 is 9.47 Å². The van der Waals surface area contributed by atoms with Gasteiger partial charge >= 0.3 is 0 Å². The Morgan fingerprint density at radius 1 is 0.923 bits per heavy atom. The van der Waals surface area contributed by atoms with Crippen molar-refractivity contribution in [2.75, 3.05) is 14.2 Å². The van der Waals surface area contributed by atoms with E-state index in [9.17, 15) is 5.11 Å². The van der Waals surface area contributed by atoms with Crippen molar-refractivity contribution < 1.29 is 14.6 Å². The Labute approximate surface area is 150 Å². The minimum absolute atomic E-state index is 0.197. The number of fused-ring (bicyclic) bond motifs is 1. The molecule has 0 radical (unpaired) electrons. The van der Waals surface area contributed by atoms with Crippen LogP contribution in [0.25, 0.3) is 28.0 Å². The van der Waals surface area contributed by atoms with Crippen molar-refractivity contribution in [1.82, 2.24) is 14.6 Å². The highest BCUT2D eigenvalue weighted by atomic mass is 16.5. The van der Waals surface area contributed by atoms with Crippen molar-refractivity contribution in [2.24, 2.45) is 0 Å². The van der Waals surface area contributed by atoms with Gasteiger partial charge in [-0.1, -0.05) is 18.2 Å². The zero-order chi connectivity index (χ0) is 18.1. The maximum atomic E-state index is 10.2. The molecule has 0 unspecified atom stereocenters. The number of methoxy groups -OCH3 is 2. The molecule has 2 aromatic heterocycles. The minimum atomic E-state index is 0.197. The standard InChI is InChI=1S/C20H17N3O3/c1-25-18-8-7-13(11-19(18)26-2)15-12-22-23-16(9-10-21-20(15)23)14-5-3-4-6-17(14)24/h3-12,24H,1-2H3. The van der Waals surface area contributed by atoms with Crippen molar-refractivity contribution in [1.29, 1.82) is 0 Å². The second-order valence-corrected chi connectivity index (χ2v) is 5.71. The molecule has 2 aromatic carbocycles. The number of rotatable bonds is 4. The zero-order valence-corrected chi connectivity index (χ0v) is 14.4. The van der Waals surface area contributed by atoms with Crippen LogP contribution in [0.4, 0.5) is 0 Å². The van der Waals surface area contributed by atoms with Crippen LogP contribution >= 0.6 is 0 Å². The molecule has 4 aromatic rings. The number of aromatic nitrogens is 3. The van der Waals surface area contributed by atoms with E-state index in [1.54, 1.807) is 43.3 Å². The Morgan fingerprint density at radius 2 is 1.73 bits per heavy atom. The summed E-state index contributed by atoms with van der Waals surface area (Å²) in [6.45, 7) is 0. The minimum Gasteiger partial charge on any atom is -0.507 e. The van der Waals surface area contributed by atoms with E-state index in [-0.39, 0.29) is 5.75 Å². The van der Waals surface area contributed by atoms with Gasteiger partial charge in [-0.2, -0.15) is 5.10 Å². The maximum absolute atomic E-state index is 10.2. The molecule has 0 saturated heterocycles. The molecule has 0 saturated carbocycles. The monoisotopic (exact) mass is 347 g/mol. The van der Waals surface area contributed by atoms with Gasteiger partial charge in [0, 0.05) is 17.3 Å². The van der Waals surface area contributed by atoms with Crippen LogP contribution in [0.5, 0.6) is 17.2 Å². The smallest absolute Gasteiger partial charge is 0.163 e. The third kappa shape index (κ3) is 2.52. The van der Waals surface area contributed by atoms with Gasteiger partial charge in [0.15, 0.2) is 17.1 Å². The van der Waals surface area contributed by atoms with Gasteiger partial charge in [-0.05, 0) is 35.9 Å². The summed E-state index contributed by atoms with van der Waals surface area (Å²) < 4.78 is 12.4. The van der Waals surface area contributed by atoms with Crippen LogP contribution in [-0.2, 0) is 0 Å². The summed E-state index contributed by atoms with van der Waals surface area (Å²) in [6, 6.07) is 14.7. The second-order valence-electron chi connectivity index (χ2n) is 5.71. The lowest BCUT2D eigenvalue weighted by molar-refractivity contribution is 0.355. The fourth-order valence-corrected chi connectivity index (χ4v) is 2.99. The number of benzene rings is 2. The Morgan fingerprint density at radius 3 is 2.50 bits per heavy atom. The number of phenols is 1. The van der Waals surface area contributed by atoms with E-state index >= 15 is 0 Å². The summed E-state index contributed by atoms with van der Waals surface area (Å²) in [4.78, 5) is 4.48. The highest BCUT2D eigenvalue weighted by Gasteiger charge is 2.15. The fraction of sp³-hybridized carbons (Fsp3) is 0.100. The number of phenolic OH excluding ortho intramolecular Hbond substituents is 1. The highest BCUT2D eigenvalue weighted by Crippen LogP contribution is 2.35. The fourth-order valence-electron chi connectivity index (χ4n) is 2.99. The summed E-state index contributed by atoms with van der Waals surface area (Å²) in [5, 5.41) is 14.7. The molecule has 0 bridgehead atoms. The summed E-state index contributed by atoms with van der Waals surface area (Å²) >= 11 is 0. The van der Waals surface area contributed by atoms with Gasteiger partial charge in [-0.25, -0.2) is 9.50 Å². The van der Waals surface area contributed by atoms with E-state index in [2.05, 4.69) is 10.1 Å². The third-order valence-electron chi connectivity index (χ3n) is 4.28. The molecule has 0 aliphatic rings. The van der Waals surface area contributed by atoms with Gasteiger partial charge < -0.3 is 14.6 Å². The van der Waals surface area contributed by atoms with Gasteiger partial charge in [0.25, 0.3) is 0 Å². The molecule has 0 fully saturated rings. The summed E-state index contributed by atoms with van der Waals surface area (Å²) in [7, 11) is 3.21. The SMILES string of the molecule is COc1ccc(-c2cnn3c(-c4ccccc4O)ccnc23)cc1OC. The van der Waals surface area contributed by atoms with Gasteiger partial charge in [-0.15, -0.1) is 0 Å². The van der Waals surface area contributed by atoms with Gasteiger partial charge in [0.1, 0.15) is 5.75 Å². The van der Waals surface area contributed by atoms with Crippen LogP contribution in [0.1, 0.15) is 0 Å². The number of nitrogens with zero attached hydrogens (tertiary/aromatic N) is 3. The highest BCUT2D eigenvalue weighted by molar-refractivity contribution is 5.80.